The van der Waals surface area contributed by atoms with Crippen molar-refractivity contribution < 1.29 is 14.7 Å². The van der Waals surface area contributed by atoms with Gasteiger partial charge in [-0.15, -0.1) is 11.3 Å². The van der Waals surface area contributed by atoms with Gasteiger partial charge in [-0.1, -0.05) is 56.3 Å². The molecule has 192 valence electrons. The highest BCUT2D eigenvalue weighted by molar-refractivity contribution is 7.10. The minimum absolute atomic E-state index is 0.114. The highest BCUT2D eigenvalue weighted by atomic mass is 32.1. The summed E-state index contributed by atoms with van der Waals surface area (Å²) >= 11 is 1.68. The number of carboxylic acid groups (broad SMARTS) is 1. The molecule has 6 rings (SSSR count). The van der Waals surface area contributed by atoms with Crippen molar-refractivity contribution >= 4 is 28.9 Å². The molecule has 2 aromatic heterocycles. The molecule has 38 heavy (non-hydrogen) atoms. The zero-order valence-corrected chi connectivity index (χ0v) is 22.4. The van der Waals surface area contributed by atoms with Crippen LogP contribution in [0.15, 0.2) is 77.3 Å². The molecule has 7 heteroatoms. The number of benzene rings is 2. The zero-order valence-electron chi connectivity index (χ0n) is 21.6. The second-order valence-corrected chi connectivity index (χ2v) is 11.4. The summed E-state index contributed by atoms with van der Waals surface area (Å²) in [5, 5.41) is 20.3. The topological polar surface area (TPSA) is 84.2 Å². The molecular formula is C31H29N3O3S. The molecule has 0 radical (unpaired) electrons. The molecule has 0 unspecified atom stereocenters. The molecule has 3 heterocycles. The predicted molar refractivity (Wildman–Crippen MR) is 150 cm³/mol. The highest BCUT2D eigenvalue weighted by Crippen LogP contribution is 2.50. The van der Waals surface area contributed by atoms with Crippen molar-refractivity contribution in [3.05, 3.63) is 110 Å². The number of hydrogen-bond acceptors (Lipinski definition) is 5. The predicted octanol–water partition coefficient (Wildman–Crippen LogP) is 7.02. The van der Waals surface area contributed by atoms with Crippen molar-refractivity contribution in [2.24, 2.45) is 0 Å². The number of carbonyl (C=O) groups is 2. The maximum atomic E-state index is 13.8. The van der Waals surface area contributed by atoms with Crippen LogP contribution in [-0.4, -0.2) is 26.6 Å². The first-order chi connectivity index (χ1) is 18.3. The SMILES string of the molecule is Cc1nn(-c2ccccc2C(=O)O)c2c1[C@H](c1ccc(C(C)C)cc1)C1=C(C[C@H](c3cccs3)CC1=O)N2. The van der Waals surface area contributed by atoms with E-state index in [2.05, 4.69) is 54.9 Å². The standard InChI is InChI=1S/C31H29N3O3S/c1-17(2)19-10-12-20(13-11-19)28-27-18(3)33-34(24-8-5-4-7-22(24)31(36)37)30(27)32-23-15-21(16-25(35)29(23)28)26-9-6-14-38-26/h4-14,17,21,28,32H,15-16H2,1-3H3,(H,36,37)/t21-,28-/m0/s1. The van der Waals surface area contributed by atoms with Crippen LogP contribution in [0.3, 0.4) is 0 Å². The van der Waals surface area contributed by atoms with Gasteiger partial charge in [0.25, 0.3) is 0 Å². The Balaban J connectivity index is 1.55. The summed E-state index contributed by atoms with van der Waals surface area (Å²) in [6.45, 7) is 6.27. The molecule has 0 spiro atoms. The second-order valence-electron chi connectivity index (χ2n) is 10.4. The van der Waals surface area contributed by atoms with E-state index in [4.69, 9.17) is 5.10 Å². The van der Waals surface area contributed by atoms with Crippen molar-refractivity contribution in [3.8, 4) is 5.69 Å². The van der Waals surface area contributed by atoms with Crippen molar-refractivity contribution in [3.63, 3.8) is 0 Å². The molecule has 2 atom stereocenters. The summed E-state index contributed by atoms with van der Waals surface area (Å²) in [6.07, 6.45) is 1.19. The third-order valence-corrected chi connectivity index (χ3v) is 8.74. The number of anilines is 1. The van der Waals surface area contributed by atoms with E-state index in [-0.39, 0.29) is 23.2 Å². The largest absolute Gasteiger partial charge is 0.478 e. The summed E-state index contributed by atoms with van der Waals surface area (Å²) < 4.78 is 1.70. The Morgan fingerprint density at radius 2 is 1.84 bits per heavy atom. The lowest BCUT2D eigenvalue weighted by atomic mass is 9.73. The average Bonchev–Trinajstić information content (AvgIpc) is 3.56. The summed E-state index contributed by atoms with van der Waals surface area (Å²) in [4.78, 5) is 27.1. The number of thiophene rings is 1. The van der Waals surface area contributed by atoms with Crippen molar-refractivity contribution in [1.29, 1.82) is 0 Å². The lowest BCUT2D eigenvalue weighted by Gasteiger charge is -2.35. The van der Waals surface area contributed by atoms with Gasteiger partial charge < -0.3 is 10.4 Å². The van der Waals surface area contributed by atoms with Crippen LogP contribution in [0, 0.1) is 6.92 Å². The number of Topliss-reactive ketones (excluding diaryl/α,β-unsaturated/α-hetero) is 1. The van der Waals surface area contributed by atoms with Gasteiger partial charge in [-0.2, -0.15) is 5.10 Å². The number of fused-ring (bicyclic) bond motifs is 1. The Morgan fingerprint density at radius 1 is 1.08 bits per heavy atom. The van der Waals surface area contributed by atoms with E-state index in [1.807, 2.05) is 19.1 Å². The van der Waals surface area contributed by atoms with Gasteiger partial charge in [0.2, 0.25) is 0 Å². The number of nitrogens with zero attached hydrogens (tertiary/aromatic N) is 2. The molecule has 0 fully saturated rings. The third-order valence-electron chi connectivity index (χ3n) is 7.71. The normalized spacial score (nSPS) is 18.8. The molecule has 0 amide bonds. The monoisotopic (exact) mass is 523 g/mol. The van der Waals surface area contributed by atoms with Gasteiger partial charge in [0.05, 0.1) is 16.9 Å². The lowest BCUT2D eigenvalue weighted by Crippen LogP contribution is -2.30. The minimum atomic E-state index is -1.01. The van der Waals surface area contributed by atoms with Crippen molar-refractivity contribution in [1.82, 2.24) is 9.78 Å². The van der Waals surface area contributed by atoms with Gasteiger partial charge in [0, 0.05) is 40.0 Å². The van der Waals surface area contributed by atoms with Crippen molar-refractivity contribution in [2.75, 3.05) is 5.32 Å². The Hall–Kier alpha value is -3.97. The third kappa shape index (κ3) is 3.98. The number of aryl methyl sites for hydroxylation is 1. The molecule has 1 aliphatic carbocycles. The van der Waals surface area contributed by atoms with Crippen LogP contribution in [0.4, 0.5) is 5.82 Å². The fourth-order valence-electron chi connectivity index (χ4n) is 5.82. The quantitative estimate of drug-likeness (QED) is 0.294. The molecule has 2 aliphatic rings. The molecule has 4 aromatic rings. The van der Waals surface area contributed by atoms with Gasteiger partial charge in [-0.25, -0.2) is 9.48 Å². The number of para-hydroxylation sites is 1. The van der Waals surface area contributed by atoms with Crippen LogP contribution in [0.5, 0.6) is 0 Å². The Morgan fingerprint density at radius 3 is 2.53 bits per heavy atom. The summed E-state index contributed by atoms with van der Waals surface area (Å²) in [6, 6.07) is 19.6. The molecule has 0 saturated carbocycles. The maximum absolute atomic E-state index is 13.8. The number of allylic oxidation sites excluding steroid dienone is 2. The van der Waals surface area contributed by atoms with Crippen LogP contribution in [0.25, 0.3) is 5.69 Å². The van der Waals surface area contributed by atoms with E-state index in [1.54, 1.807) is 34.2 Å². The fourth-order valence-corrected chi connectivity index (χ4v) is 6.65. The number of aromatic nitrogens is 2. The number of ketones is 1. The van der Waals surface area contributed by atoms with E-state index in [1.165, 1.54) is 10.4 Å². The van der Waals surface area contributed by atoms with Crippen LogP contribution in [0.2, 0.25) is 0 Å². The molecular weight excluding hydrogens is 494 g/mol. The van der Waals surface area contributed by atoms with Crippen LogP contribution in [-0.2, 0) is 4.79 Å². The van der Waals surface area contributed by atoms with Crippen LogP contribution < -0.4 is 5.32 Å². The van der Waals surface area contributed by atoms with Gasteiger partial charge in [-0.05, 0) is 54.0 Å². The molecule has 0 bridgehead atoms. The van der Waals surface area contributed by atoms with Gasteiger partial charge >= 0.3 is 5.97 Å². The zero-order chi connectivity index (χ0) is 26.6. The van der Waals surface area contributed by atoms with Gasteiger partial charge in [-0.3, -0.25) is 4.79 Å². The van der Waals surface area contributed by atoms with E-state index < -0.39 is 5.97 Å². The number of rotatable bonds is 5. The van der Waals surface area contributed by atoms with E-state index in [0.29, 0.717) is 24.4 Å². The number of aromatic carboxylic acids is 1. The molecule has 2 aromatic carbocycles. The summed E-state index contributed by atoms with van der Waals surface area (Å²) in [7, 11) is 0. The first-order valence-electron chi connectivity index (χ1n) is 12.9. The molecule has 0 saturated heterocycles. The Kier molecular flexibility index (Phi) is 6.03. The van der Waals surface area contributed by atoms with Crippen LogP contribution in [0.1, 0.15) is 82.1 Å². The van der Waals surface area contributed by atoms with E-state index in [9.17, 15) is 14.7 Å². The summed E-state index contributed by atoms with van der Waals surface area (Å²) in [5.41, 5.74) is 6.35. The van der Waals surface area contributed by atoms with Gasteiger partial charge in [0.1, 0.15) is 5.82 Å². The molecule has 2 N–H and O–H groups in total. The Bertz CT molecular complexity index is 1580. The first kappa shape index (κ1) is 24.4. The lowest BCUT2D eigenvalue weighted by molar-refractivity contribution is -0.116. The smallest absolute Gasteiger partial charge is 0.337 e. The average molecular weight is 524 g/mol. The minimum Gasteiger partial charge on any atom is -0.478 e. The first-order valence-corrected chi connectivity index (χ1v) is 13.8. The highest BCUT2D eigenvalue weighted by Gasteiger charge is 2.41. The van der Waals surface area contributed by atoms with Gasteiger partial charge in [0.15, 0.2) is 5.78 Å². The number of hydrogen-bond donors (Lipinski definition) is 2. The molecule has 6 nitrogen and oxygen atoms in total. The second kappa shape index (κ2) is 9.40. The molecule has 1 aliphatic heterocycles. The number of nitrogens with one attached hydrogen (secondary N) is 1. The Labute approximate surface area is 225 Å². The fraction of sp³-hybridized carbons (Fsp3) is 0.258. The number of carboxylic acids is 1. The number of carbonyl (C=O) groups excluding carboxylic acids is 1. The van der Waals surface area contributed by atoms with E-state index >= 15 is 0 Å². The van der Waals surface area contributed by atoms with E-state index in [0.717, 1.165) is 33.9 Å². The van der Waals surface area contributed by atoms with Crippen LogP contribution >= 0.6 is 11.3 Å². The van der Waals surface area contributed by atoms with Crippen molar-refractivity contribution in [2.45, 2.75) is 51.4 Å². The maximum Gasteiger partial charge on any atom is 0.337 e. The summed E-state index contributed by atoms with van der Waals surface area (Å²) in [5.74, 6) is 0.117.